The fourth-order valence-corrected chi connectivity index (χ4v) is 3.13. The molecule has 0 spiro atoms. The van der Waals surface area contributed by atoms with E-state index in [1.165, 1.54) is 15.6 Å². The van der Waals surface area contributed by atoms with E-state index in [0.29, 0.717) is 28.0 Å². The van der Waals surface area contributed by atoms with Crippen LogP contribution in [-0.4, -0.2) is 30.8 Å². The van der Waals surface area contributed by atoms with Crippen molar-refractivity contribution in [3.8, 4) is 11.6 Å². The maximum Gasteiger partial charge on any atom is 0.282 e. The Morgan fingerprint density at radius 2 is 1.79 bits per heavy atom. The second kappa shape index (κ2) is 6.77. The molecule has 0 unspecified atom stereocenters. The number of benzene rings is 2. The summed E-state index contributed by atoms with van der Waals surface area (Å²) in [6, 6.07) is 14.8. The van der Waals surface area contributed by atoms with Gasteiger partial charge in [0.1, 0.15) is 5.82 Å². The van der Waals surface area contributed by atoms with Crippen LogP contribution >= 0.6 is 0 Å². The van der Waals surface area contributed by atoms with Crippen LogP contribution in [0.15, 0.2) is 58.4 Å². The second-order valence-corrected chi connectivity index (χ2v) is 6.56. The van der Waals surface area contributed by atoms with Gasteiger partial charge in [-0.05, 0) is 44.5 Å². The molecule has 0 fully saturated rings. The predicted molar refractivity (Wildman–Crippen MR) is 108 cm³/mol. The molecule has 140 valence electrons. The zero-order valence-corrected chi connectivity index (χ0v) is 15.8. The van der Waals surface area contributed by atoms with Crippen LogP contribution in [0, 0.1) is 20.8 Å². The van der Waals surface area contributed by atoms with E-state index in [1.807, 2.05) is 49.4 Å². The third-order valence-electron chi connectivity index (χ3n) is 4.63. The molecule has 0 amide bonds. The molecule has 28 heavy (non-hydrogen) atoms. The fraction of sp³-hybridized carbons (Fsp3) is 0.143. The number of rotatable bonds is 3. The average molecular weight is 373 g/mol. The Hall–Kier alpha value is -3.74. The third kappa shape index (κ3) is 2.87. The summed E-state index contributed by atoms with van der Waals surface area (Å²) in [6.45, 7) is 5.42. The quantitative estimate of drug-likeness (QED) is 0.559. The van der Waals surface area contributed by atoms with Crippen LogP contribution in [0.4, 0.5) is 0 Å². The van der Waals surface area contributed by atoms with Crippen molar-refractivity contribution in [3.05, 3.63) is 81.5 Å². The Kier molecular flexibility index (Phi) is 4.27. The molecule has 0 saturated heterocycles. The van der Waals surface area contributed by atoms with E-state index in [9.17, 15) is 9.90 Å². The lowest BCUT2D eigenvalue weighted by Crippen LogP contribution is -2.21. The number of hydrogen-bond acceptors (Lipinski definition) is 5. The minimum absolute atomic E-state index is 0.0391. The van der Waals surface area contributed by atoms with Crippen molar-refractivity contribution >= 4 is 17.1 Å². The Balaban J connectivity index is 1.81. The number of nitrogens with zero attached hydrogens (tertiary/aromatic N) is 5. The van der Waals surface area contributed by atoms with Gasteiger partial charge in [-0.2, -0.15) is 14.9 Å². The number of aromatic nitrogens is 4. The van der Waals surface area contributed by atoms with Gasteiger partial charge in [-0.25, -0.2) is 9.67 Å². The first-order chi connectivity index (χ1) is 13.5. The van der Waals surface area contributed by atoms with Gasteiger partial charge in [0.2, 0.25) is 5.88 Å². The molecule has 2 aromatic heterocycles. The van der Waals surface area contributed by atoms with Gasteiger partial charge < -0.3 is 5.11 Å². The highest BCUT2D eigenvalue weighted by Gasteiger charge is 2.15. The van der Waals surface area contributed by atoms with E-state index < -0.39 is 0 Å². The lowest BCUT2D eigenvalue weighted by atomic mass is 10.1. The van der Waals surface area contributed by atoms with Gasteiger partial charge in [0.05, 0.1) is 34.1 Å². The van der Waals surface area contributed by atoms with Crippen molar-refractivity contribution in [2.45, 2.75) is 20.8 Å². The maximum absolute atomic E-state index is 12.8. The lowest BCUT2D eigenvalue weighted by Gasteiger charge is -2.07. The van der Waals surface area contributed by atoms with Crippen LogP contribution in [0.3, 0.4) is 0 Å². The highest BCUT2D eigenvalue weighted by atomic mass is 16.3. The molecular weight excluding hydrogens is 354 g/mol. The first-order valence-corrected chi connectivity index (χ1v) is 8.84. The number of hydrogen-bond donors (Lipinski definition) is 1. The Labute approximate surface area is 161 Å². The molecule has 0 radical (unpaired) electrons. The highest BCUT2D eigenvalue weighted by Crippen LogP contribution is 2.23. The smallest absolute Gasteiger partial charge is 0.282 e. The Bertz CT molecular complexity index is 1270. The molecule has 7 nitrogen and oxygen atoms in total. The maximum atomic E-state index is 12.8. The third-order valence-corrected chi connectivity index (χ3v) is 4.63. The summed E-state index contributed by atoms with van der Waals surface area (Å²) in [6.07, 6.45) is 1.44. The summed E-state index contributed by atoms with van der Waals surface area (Å²) >= 11 is 0. The van der Waals surface area contributed by atoms with Crippen molar-refractivity contribution in [2.75, 3.05) is 0 Å². The summed E-state index contributed by atoms with van der Waals surface area (Å²) in [5.74, 6) is 0.429. The predicted octanol–water partition coefficient (Wildman–Crippen LogP) is 3.10. The summed E-state index contributed by atoms with van der Waals surface area (Å²) in [5.41, 5.74) is 3.13. The van der Waals surface area contributed by atoms with E-state index >= 15 is 0 Å². The van der Waals surface area contributed by atoms with Crippen LogP contribution in [0.25, 0.3) is 16.6 Å². The largest absolute Gasteiger partial charge is 0.493 e. The van der Waals surface area contributed by atoms with E-state index in [2.05, 4.69) is 15.2 Å². The highest BCUT2D eigenvalue weighted by molar-refractivity contribution is 5.85. The zero-order valence-electron chi connectivity index (χ0n) is 15.8. The van der Waals surface area contributed by atoms with Crippen molar-refractivity contribution in [1.82, 2.24) is 19.4 Å². The second-order valence-electron chi connectivity index (χ2n) is 6.56. The van der Waals surface area contributed by atoms with Gasteiger partial charge in [-0.3, -0.25) is 4.79 Å². The summed E-state index contributed by atoms with van der Waals surface area (Å²) in [4.78, 5) is 17.4. The molecular formula is C21H19N5O2. The van der Waals surface area contributed by atoms with E-state index in [-0.39, 0.29) is 11.4 Å². The van der Waals surface area contributed by atoms with Gasteiger partial charge in [-0.1, -0.05) is 30.3 Å². The van der Waals surface area contributed by atoms with Crippen molar-refractivity contribution in [2.24, 2.45) is 5.10 Å². The van der Waals surface area contributed by atoms with Crippen molar-refractivity contribution in [1.29, 1.82) is 0 Å². The minimum atomic E-state index is -0.255. The number of para-hydroxylation sites is 2. The lowest BCUT2D eigenvalue weighted by molar-refractivity contribution is 0.433. The van der Waals surface area contributed by atoms with E-state index in [0.717, 1.165) is 11.3 Å². The molecule has 0 aliphatic rings. The molecule has 0 saturated carbocycles. The molecule has 4 rings (SSSR count). The molecule has 2 aromatic carbocycles. The summed E-state index contributed by atoms with van der Waals surface area (Å²) in [7, 11) is 0. The standard InChI is InChI=1S/C21H19N5O2/c1-13-8-7-11-17-19(13)23-15(3)25(20(17)27)22-12-18-14(2)24-26(21(18)28)16-9-5-4-6-10-16/h4-12,28H,1-3H3/b22-12+. The topological polar surface area (TPSA) is 85.3 Å². The Morgan fingerprint density at radius 1 is 1.04 bits per heavy atom. The van der Waals surface area contributed by atoms with E-state index in [4.69, 9.17) is 0 Å². The normalized spacial score (nSPS) is 11.5. The molecule has 1 N–H and O–H groups in total. The molecule has 0 aliphatic carbocycles. The summed E-state index contributed by atoms with van der Waals surface area (Å²) < 4.78 is 2.68. The monoisotopic (exact) mass is 373 g/mol. The van der Waals surface area contributed by atoms with Crippen LogP contribution in [0.1, 0.15) is 22.6 Å². The molecule has 0 atom stereocenters. The minimum Gasteiger partial charge on any atom is -0.493 e. The Morgan fingerprint density at radius 3 is 2.54 bits per heavy atom. The summed E-state index contributed by atoms with van der Waals surface area (Å²) in [5, 5.41) is 19.8. The van der Waals surface area contributed by atoms with Gasteiger partial charge >= 0.3 is 0 Å². The van der Waals surface area contributed by atoms with Gasteiger partial charge in [-0.15, -0.1) is 0 Å². The van der Waals surface area contributed by atoms with Crippen LogP contribution < -0.4 is 5.56 Å². The van der Waals surface area contributed by atoms with Gasteiger partial charge in [0, 0.05) is 0 Å². The van der Waals surface area contributed by atoms with Crippen LogP contribution in [0.2, 0.25) is 0 Å². The van der Waals surface area contributed by atoms with Crippen molar-refractivity contribution in [3.63, 3.8) is 0 Å². The molecule has 4 aromatic rings. The van der Waals surface area contributed by atoms with Gasteiger partial charge in [0.25, 0.3) is 5.56 Å². The molecule has 2 heterocycles. The van der Waals surface area contributed by atoms with Gasteiger partial charge in [0.15, 0.2) is 0 Å². The average Bonchev–Trinajstić information content (AvgIpc) is 2.97. The van der Waals surface area contributed by atoms with Crippen LogP contribution in [-0.2, 0) is 0 Å². The first-order valence-electron chi connectivity index (χ1n) is 8.84. The number of aryl methyl sites for hydroxylation is 3. The SMILES string of the molecule is Cc1nn(-c2ccccc2)c(O)c1/C=N/n1c(C)nc2c(C)cccc2c1=O. The van der Waals surface area contributed by atoms with Crippen LogP contribution in [0.5, 0.6) is 5.88 Å². The molecule has 0 bridgehead atoms. The number of aromatic hydroxyl groups is 1. The number of fused-ring (bicyclic) bond motifs is 1. The molecule has 7 heteroatoms. The zero-order chi connectivity index (χ0) is 19.8. The fourth-order valence-electron chi connectivity index (χ4n) is 3.13. The molecule has 0 aliphatic heterocycles. The van der Waals surface area contributed by atoms with E-state index in [1.54, 1.807) is 19.9 Å². The van der Waals surface area contributed by atoms with Crippen molar-refractivity contribution < 1.29 is 5.11 Å². The first kappa shape index (κ1) is 17.7.